The third kappa shape index (κ3) is 2.55. The molecule has 0 radical (unpaired) electrons. The number of hydrogen-bond donors (Lipinski definition) is 0. The van der Waals surface area contributed by atoms with Crippen LogP contribution >= 0.6 is 23.2 Å². The molecule has 0 amide bonds. The largest absolute Gasteiger partial charge is 0.261 e. The first kappa shape index (κ1) is 11.8. The molecule has 0 saturated carbocycles. The third-order valence-electron chi connectivity index (χ3n) is 2.29. The Morgan fingerprint density at radius 1 is 1.18 bits per heavy atom. The summed E-state index contributed by atoms with van der Waals surface area (Å²) in [7, 11) is 0. The number of rotatable bonds is 2. The van der Waals surface area contributed by atoms with Crippen LogP contribution in [0.25, 0.3) is 0 Å². The van der Waals surface area contributed by atoms with Crippen molar-refractivity contribution in [1.29, 1.82) is 5.26 Å². The Bertz CT molecular complexity index is 564. The summed E-state index contributed by atoms with van der Waals surface area (Å²) in [6, 6.07) is 7.28. The summed E-state index contributed by atoms with van der Waals surface area (Å²) in [5.74, 6) is -0.488. The lowest BCUT2D eigenvalue weighted by molar-refractivity contribution is 0.942. The fourth-order valence-electron chi connectivity index (χ4n) is 1.46. The number of aromatic nitrogens is 2. The molecule has 3 nitrogen and oxygen atoms in total. The Kier molecular flexibility index (Phi) is 3.58. The highest BCUT2D eigenvalue weighted by atomic mass is 35.5. The first-order chi connectivity index (χ1) is 8.22. The average molecular weight is 264 g/mol. The van der Waals surface area contributed by atoms with Crippen LogP contribution in [-0.2, 0) is 0 Å². The van der Waals surface area contributed by atoms with Gasteiger partial charge < -0.3 is 0 Å². The molecule has 0 aliphatic carbocycles. The topological polar surface area (TPSA) is 49.6 Å². The van der Waals surface area contributed by atoms with E-state index in [1.165, 1.54) is 0 Å². The lowest BCUT2D eigenvalue weighted by Crippen LogP contribution is -2.01. The molecule has 1 aromatic carbocycles. The smallest absolute Gasteiger partial charge is 0.115 e. The lowest BCUT2D eigenvalue weighted by Gasteiger charge is -2.09. The van der Waals surface area contributed by atoms with Gasteiger partial charge in [0.2, 0.25) is 0 Å². The Morgan fingerprint density at radius 3 is 2.59 bits per heavy atom. The Labute approximate surface area is 109 Å². The highest BCUT2D eigenvalue weighted by molar-refractivity contribution is 6.42. The zero-order valence-corrected chi connectivity index (χ0v) is 10.2. The maximum absolute atomic E-state index is 9.20. The summed E-state index contributed by atoms with van der Waals surface area (Å²) >= 11 is 11.8. The fourth-order valence-corrected chi connectivity index (χ4v) is 1.77. The van der Waals surface area contributed by atoms with Crippen LogP contribution in [0.1, 0.15) is 17.2 Å². The van der Waals surface area contributed by atoms with Gasteiger partial charge in [0.15, 0.2) is 0 Å². The van der Waals surface area contributed by atoms with Gasteiger partial charge in [0.1, 0.15) is 5.92 Å². The summed E-state index contributed by atoms with van der Waals surface area (Å²) in [6.07, 6.45) is 4.68. The molecule has 84 valence electrons. The quantitative estimate of drug-likeness (QED) is 0.834. The zero-order valence-electron chi connectivity index (χ0n) is 8.64. The van der Waals surface area contributed by atoms with Gasteiger partial charge in [0.05, 0.1) is 28.0 Å². The van der Waals surface area contributed by atoms with Crippen LogP contribution in [0.4, 0.5) is 0 Å². The van der Waals surface area contributed by atoms with Crippen LogP contribution in [0.3, 0.4) is 0 Å². The molecule has 17 heavy (non-hydrogen) atoms. The minimum absolute atomic E-state index is 0.424. The van der Waals surface area contributed by atoms with E-state index in [2.05, 4.69) is 16.0 Å². The predicted molar refractivity (Wildman–Crippen MR) is 66.0 cm³/mol. The molecule has 0 aliphatic rings. The van der Waals surface area contributed by atoms with Crippen molar-refractivity contribution in [2.45, 2.75) is 5.92 Å². The van der Waals surface area contributed by atoms with Crippen molar-refractivity contribution in [3.05, 3.63) is 58.1 Å². The summed E-state index contributed by atoms with van der Waals surface area (Å²) in [5.41, 5.74) is 1.34. The van der Waals surface area contributed by atoms with Gasteiger partial charge in [-0.05, 0) is 17.7 Å². The second-order valence-electron chi connectivity index (χ2n) is 3.37. The van der Waals surface area contributed by atoms with E-state index in [1.54, 1.807) is 36.8 Å². The van der Waals surface area contributed by atoms with Crippen molar-refractivity contribution >= 4 is 23.2 Å². The molecule has 1 atom stereocenters. The second kappa shape index (κ2) is 5.13. The highest BCUT2D eigenvalue weighted by Crippen LogP contribution is 2.28. The van der Waals surface area contributed by atoms with E-state index in [-0.39, 0.29) is 0 Å². The fraction of sp³-hybridized carbons (Fsp3) is 0.0833. The number of halogens is 2. The van der Waals surface area contributed by atoms with Crippen LogP contribution in [-0.4, -0.2) is 9.97 Å². The first-order valence-electron chi connectivity index (χ1n) is 4.83. The van der Waals surface area contributed by atoms with Crippen LogP contribution in [0.15, 0.2) is 36.8 Å². The molecule has 0 aliphatic heterocycles. The number of nitrogens with zero attached hydrogens (tertiary/aromatic N) is 3. The van der Waals surface area contributed by atoms with Gasteiger partial charge in [-0.1, -0.05) is 29.3 Å². The van der Waals surface area contributed by atoms with Gasteiger partial charge in [0.25, 0.3) is 0 Å². The summed E-state index contributed by atoms with van der Waals surface area (Å²) in [5, 5.41) is 10.1. The molecular weight excluding hydrogens is 257 g/mol. The van der Waals surface area contributed by atoms with Crippen molar-refractivity contribution in [2.75, 3.05) is 0 Å². The van der Waals surface area contributed by atoms with Gasteiger partial charge in [-0.25, -0.2) is 0 Å². The number of hydrogen-bond acceptors (Lipinski definition) is 3. The minimum Gasteiger partial charge on any atom is -0.261 e. The van der Waals surface area contributed by atoms with E-state index in [0.29, 0.717) is 15.7 Å². The van der Waals surface area contributed by atoms with E-state index in [4.69, 9.17) is 23.2 Å². The van der Waals surface area contributed by atoms with Crippen molar-refractivity contribution in [3.8, 4) is 6.07 Å². The summed E-state index contributed by atoms with van der Waals surface area (Å²) in [6.45, 7) is 0. The van der Waals surface area contributed by atoms with E-state index in [1.807, 2.05) is 0 Å². The molecule has 0 bridgehead atoms. The average Bonchev–Trinajstić information content (AvgIpc) is 2.36. The normalized spacial score (nSPS) is 11.8. The van der Waals surface area contributed by atoms with Crippen molar-refractivity contribution < 1.29 is 0 Å². The third-order valence-corrected chi connectivity index (χ3v) is 3.02. The van der Waals surface area contributed by atoms with Crippen molar-refractivity contribution in [2.24, 2.45) is 0 Å². The Morgan fingerprint density at radius 2 is 2.00 bits per heavy atom. The summed E-state index contributed by atoms with van der Waals surface area (Å²) < 4.78 is 0. The molecule has 1 heterocycles. The van der Waals surface area contributed by atoms with E-state index >= 15 is 0 Å². The lowest BCUT2D eigenvalue weighted by atomic mass is 9.98. The van der Waals surface area contributed by atoms with Crippen LogP contribution < -0.4 is 0 Å². The van der Waals surface area contributed by atoms with Gasteiger partial charge in [-0.2, -0.15) is 5.26 Å². The molecule has 0 N–H and O–H groups in total. The number of benzene rings is 1. The predicted octanol–water partition coefficient (Wildman–Crippen LogP) is 3.44. The van der Waals surface area contributed by atoms with E-state index in [0.717, 1.165) is 5.56 Å². The van der Waals surface area contributed by atoms with Crippen LogP contribution in [0.5, 0.6) is 0 Å². The molecule has 2 aromatic rings. The maximum Gasteiger partial charge on any atom is 0.115 e. The monoisotopic (exact) mass is 263 g/mol. The number of nitriles is 1. The SMILES string of the molecule is N#C[C@@H](c1ccc(Cl)c(Cl)c1)c1cnccn1. The Hall–Kier alpha value is -1.63. The zero-order chi connectivity index (χ0) is 12.3. The second-order valence-corrected chi connectivity index (χ2v) is 4.18. The standard InChI is InChI=1S/C12H7Cl2N3/c13-10-2-1-8(5-11(10)14)9(6-15)12-7-16-3-4-17-12/h1-5,7,9H/t9-/m0/s1. The van der Waals surface area contributed by atoms with Crippen LogP contribution in [0.2, 0.25) is 10.0 Å². The molecule has 0 unspecified atom stereocenters. The molecule has 0 spiro atoms. The van der Waals surface area contributed by atoms with Crippen molar-refractivity contribution in [1.82, 2.24) is 9.97 Å². The van der Waals surface area contributed by atoms with E-state index in [9.17, 15) is 5.26 Å². The summed E-state index contributed by atoms with van der Waals surface area (Å²) in [4.78, 5) is 8.06. The first-order valence-corrected chi connectivity index (χ1v) is 5.58. The molecule has 1 aromatic heterocycles. The Balaban J connectivity index is 2.44. The minimum atomic E-state index is -0.488. The van der Waals surface area contributed by atoms with E-state index < -0.39 is 5.92 Å². The van der Waals surface area contributed by atoms with Crippen LogP contribution in [0, 0.1) is 11.3 Å². The molecule has 2 rings (SSSR count). The van der Waals surface area contributed by atoms with Gasteiger partial charge >= 0.3 is 0 Å². The molecule has 0 saturated heterocycles. The van der Waals surface area contributed by atoms with Crippen molar-refractivity contribution in [3.63, 3.8) is 0 Å². The molecule has 0 fully saturated rings. The maximum atomic E-state index is 9.20. The molecular formula is C12H7Cl2N3. The molecule has 5 heteroatoms. The van der Waals surface area contributed by atoms with Gasteiger partial charge in [0, 0.05) is 12.4 Å². The highest BCUT2D eigenvalue weighted by Gasteiger charge is 2.15. The van der Waals surface area contributed by atoms with Gasteiger partial charge in [-0.15, -0.1) is 0 Å². The van der Waals surface area contributed by atoms with Gasteiger partial charge in [-0.3, -0.25) is 9.97 Å².